The molecule has 1 N–H and O–H groups in total. The van der Waals surface area contributed by atoms with Gasteiger partial charge in [-0.3, -0.25) is 9.59 Å². The second-order valence-corrected chi connectivity index (χ2v) is 9.78. The topological polar surface area (TPSA) is 92.8 Å². The SMILES string of the molecule is C[C@H]1CC(=O)c2c(OCC(=O)Nc3cccc(S(=O)(=O)N4CCCC4)c3)ccc(F)c21. The summed E-state index contributed by atoms with van der Waals surface area (Å²) < 4.78 is 46.4. The molecule has 0 bridgehead atoms. The lowest BCUT2D eigenvalue weighted by molar-refractivity contribution is -0.118. The number of carbonyl (C=O) groups is 2. The van der Waals surface area contributed by atoms with Crippen LogP contribution in [0.3, 0.4) is 0 Å². The van der Waals surface area contributed by atoms with Crippen LogP contribution in [-0.2, 0) is 14.8 Å². The number of amides is 1. The van der Waals surface area contributed by atoms with E-state index in [0.717, 1.165) is 12.8 Å². The number of benzene rings is 2. The van der Waals surface area contributed by atoms with Crippen LogP contribution in [0.5, 0.6) is 5.75 Å². The summed E-state index contributed by atoms with van der Waals surface area (Å²) in [6.07, 6.45) is 1.87. The minimum atomic E-state index is -3.60. The first-order valence-corrected chi connectivity index (χ1v) is 11.6. The lowest BCUT2D eigenvalue weighted by Gasteiger charge is -2.16. The van der Waals surface area contributed by atoms with Crippen molar-refractivity contribution in [2.45, 2.75) is 37.0 Å². The number of Topliss-reactive ketones (excluding diaryl/α,β-unsaturated/α-hetero) is 1. The largest absolute Gasteiger partial charge is 0.483 e. The van der Waals surface area contributed by atoms with Crippen LogP contribution in [0.4, 0.5) is 10.1 Å². The minimum absolute atomic E-state index is 0.115. The maximum absolute atomic E-state index is 14.1. The van der Waals surface area contributed by atoms with Gasteiger partial charge in [-0.2, -0.15) is 4.31 Å². The predicted molar refractivity (Wildman–Crippen MR) is 112 cm³/mol. The van der Waals surface area contributed by atoms with Crippen LogP contribution in [0.25, 0.3) is 0 Å². The van der Waals surface area contributed by atoms with E-state index in [-0.39, 0.29) is 34.3 Å². The van der Waals surface area contributed by atoms with Gasteiger partial charge in [0, 0.05) is 30.8 Å². The van der Waals surface area contributed by atoms with Gasteiger partial charge in [0.15, 0.2) is 12.4 Å². The number of ketones is 1. The number of anilines is 1. The third-order valence-corrected chi connectivity index (χ3v) is 7.49. The first-order valence-electron chi connectivity index (χ1n) is 10.2. The van der Waals surface area contributed by atoms with E-state index in [4.69, 9.17) is 4.74 Å². The van der Waals surface area contributed by atoms with Gasteiger partial charge in [-0.15, -0.1) is 0 Å². The first-order chi connectivity index (χ1) is 14.8. The Labute approximate surface area is 180 Å². The van der Waals surface area contributed by atoms with Gasteiger partial charge in [-0.1, -0.05) is 13.0 Å². The normalized spacial score (nSPS) is 18.8. The maximum Gasteiger partial charge on any atom is 0.262 e. The van der Waals surface area contributed by atoms with Crippen molar-refractivity contribution in [3.63, 3.8) is 0 Å². The first kappa shape index (κ1) is 21.5. The Morgan fingerprint density at radius 3 is 2.71 bits per heavy atom. The fraction of sp³-hybridized carbons (Fsp3) is 0.364. The highest BCUT2D eigenvalue weighted by Gasteiger charge is 2.32. The van der Waals surface area contributed by atoms with Crippen LogP contribution in [0.1, 0.15) is 48.0 Å². The molecule has 9 heteroatoms. The Bertz CT molecular complexity index is 1140. The summed E-state index contributed by atoms with van der Waals surface area (Å²) in [4.78, 5) is 24.7. The molecule has 31 heavy (non-hydrogen) atoms. The molecule has 2 aliphatic rings. The molecule has 0 unspecified atom stereocenters. The number of halogens is 1. The second-order valence-electron chi connectivity index (χ2n) is 7.84. The minimum Gasteiger partial charge on any atom is -0.483 e. The van der Waals surface area contributed by atoms with Crippen LogP contribution in [0.2, 0.25) is 0 Å². The molecule has 1 saturated heterocycles. The monoisotopic (exact) mass is 446 g/mol. The standard InChI is InChI=1S/C22H23FN2O5S/c1-14-11-18(26)22-19(8-7-17(23)21(14)22)30-13-20(27)24-15-5-4-6-16(12-15)31(28,29)25-9-2-3-10-25/h4-8,12,14H,2-3,9-11,13H2,1H3,(H,24,27)/t14-/m0/s1. The number of fused-ring (bicyclic) bond motifs is 1. The number of carbonyl (C=O) groups excluding carboxylic acids is 2. The van der Waals surface area contributed by atoms with Gasteiger partial charge < -0.3 is 10.1 Å². The van der Waals surface area contributed by atoms with E-state index in [9.17, 15) is 22.4 Å². The number of nitrogens with one attached hydrogen (secondary N) is 1. The van der Waals surface area contributed by atoms with Gasteiger partial charge >= 0.3 is 0 Å². The molecule has 1 aliphatic heterocycles. The molecule has 7 nitrogen and oxygen atoms in total. The fourth-order valence-corrected chi connectivity index (χ4v) is 5.66. The zero-order valence-corrected chi connectivity index (χ0v) is 17.9. The van der Waals surface area contributed by atoms with Crippen LogP contribution < -0.4 is 10.1 Å². The molecule has 1 aliphatic carbocycles. The molecule has 0 radical (unpaired) electrons. The van der Waals surface area contributed by atoms with E-state index >= 15 is 0 Å². The number of sulfonamides is 1. The summed E-state index contributed by atoms with van der Waals surface area (Å²) in [6, 6.07) is 8.63. The average Bonchev–Trinajstić information content (AvgIpc) is 3.37. The van der Waals surface area contributed by atoms with Crippen LogP contribution in [0.15, 0.2) is 41.3 Å². The number of nitrogens with zero attached hydrogens (tertiary/aromatic N) is 1. The Kier molecular flexibility index (Phi) is 5.81. The van der Waals surface area contributed by atoms with E-state index in [1.54, 1.807) is 19.1 Å². The molecular formula is C22H23FN2O5S. The molecule has 0 aromatic heterocycles. The van der Waals surface area contributed by atoms with E-state index in [2.05, 4.69) is 5.32 Å². The van der Waals surface area contributed by atoms with Gasteiger partial charge in [0.1, 0.15) is 11.6 Å². The van der Waals surface area contributed by atoms with Gasteiger partial charge in [0.2, 0.25) is 10.0 Å². The molecule has 4 rings (SSSR count). The van der Waals surface area contributed by atoms with Crippen molar-refractivity contribution in [3.05, 3.63) is 53.3 Å². The molecule has 1 amide bonds. The second kappa shape index (κ2) is 8.39. The molecule has 0 saturated carbocycles. The summed E-state index contributed by atoms with van der Waals surface area (Å²) in [5, 5.41) is 2.61. The quantitative estimate of drug-likeness (QED) is 0.735. The number of hydrogen-bond acceptors (Lipinski definition) is 5. The van der Waals surface area contributed by atoms with Crippen LogP contribution >= 0.6 is 0 Å². The summed E-state index contributed by atoms with van der Waals surface area (Å²) in [5.74, 6) is -1.25. The Balaban J connectivity index is 1.45. The van der Waals surface area contributed by atoms with E-state index in [0.29, 0.717) is 24.3 Å². The summed E-state index contributed by atoms with van der Waals surface area (Å²) >= 11 is 0. The molecule has 1 fully saturated rings. The molecule has 2 aromatic carbocycles. The van der Waals surface area contributed by atoms with Crippen LogP contribution in [0, 0.1) is 5.82 Å². The number of hydrogen-bond donors (Lipinski definition) is 1. The third-order valence-electron chi connectivity index (χ3n) is 5.60. The summed E-state index contributed by atoms with van der Waals surface area (Å²) in [5.41, 5.74) is 0.838. The molecule has 164 valence electrons. The van der Waals surface area contributed by atoms with Gasteiger partial charge in [0.25, 0.3) is 5.91 Å². The lowest BCUT2D eigenvalue weighted by atomic mass is 10.0. The van der Waals surface area contributed by atoms with Gasteiger partial charge in [-0.05, 0) is 49.1 Å². The average molecular weight is 447 g/mol. The van der Waals surface area contributed by atoms with Crippen molar-refractivity contribution < 1.29 is 27.1 Å². The molecule has 0 spiro atoms. The number of ether oxygens (including phenoxy) is 1. The smallest absolute Gasteiger partial charge is 0.262 e. The van der Waals surface area contributed by atoms with Gasteiger partial charge in [-0.25, -0.2) is 12.8 Å². The third kappa shape index (κ3) is 4.20. The highest BCUT2D eigenvalue weighted by atomic mass is 32.2. The zero-order chi connectivity index (χ0) is 22.2. The molecule has 1 atom stereocenters. The summed E-state index contributed by atoms with van der Waals surface area (Å²) in [6.45, 7) is 2.35. The van der Waals surface area contributed by atoms with Crippen molar-refractivity contribution >= 4 is 27.4 Å². The maximum atomic E-state index is 14.1. The Morgan fingerprint density at radius 2 is 1.97 bits per heavy atom. The molecule has 2 aromatic rings. The predicted octanol–water partition coefficient (Wildman–Crippen LogP) is 3.32. The highest BCUT2D eigenvalue weighted by molar-refractivity contribution is 7.89. The van der Waals surface area contributed by atoms with Crippen molar-refractivity contribution in [1.82, 2.24) is 4.31 Å². The molecule has 1 heterocycles. The molecular weight excluding hydrogens is 423 g/mol. The Hall–Kier alpha value is -2.78. The van der Waals surface area contributed by atoms with Gasteiger partial charge in [0.05, 0.1) is 10.5 Å². The van der Waals surface area contributed by atoms with Crippen molar-refractivity contribution in [2.24, 2.45) is 0 Å². The van der Waals surface area contributed by atoms with Crippen molar-refractivity contribution in [2.75, 3.05) is 25.0 Å². The zero-order valence-electron chi connectivity index (χ0n) is 17.1. The van der Waals surface area contributed by atoms with Crippen molar-refractivity contribution in [3.8, 4) is 5.75 Å². The van der Waals surface area contributed by atoms with E-state index < -0.39 is 28.4 Å². The van der Waals surface area contributed by atoms with E-state index in [1.807, 2.05) is 0 Å². The Morgan fingerprint density at radius 1 is 1.23 bits per heavy atom. The lowest BCUT2D eigenvalue weighted by Crippen LogP contribution is -2.28. The van der Waals surface area contributed by atoms with Crippen LogP contribution in [-0.4, -0.2) is 44.1 Å². The fourth-order valence-electron chi connectivity index (χ4n) is 4.10. The summed E-state index contributed by atoms with van der Waals surface area (Å²) in [7, 11) is -3.60. The van der Waals surface area contributed by atoms with Crippen molar-refractivity contribution in [1.29, 1.82) is 0 Å². The van der Waals surface area contributed by atoms with E-state index in [1.165, 1.54) is 28.6 Å². The highest BCUT2D eigenvalue weighted by Crippen LogP contribution is 2.39. The number of rotatable bonds is 6.